The third-order valence-corrected chi connectivity index (χ3v) is 4.78. The number of halogens is 1. The van der Waals surface area contributed by atoms with E-state index in [1.54, 1.807) is 24.1 Å². The first-order valence-corrected chi connectivity index (χ1v) is 9.23. The minimum atomic E-state index is -0.340. The highest BCUT2D eigenvalue weighted by molar-refractivity contribution is 5.85. The van der Waals surface area contributed by atoms with E-state index in [-0.39, 0.29) is 30.6 Å². The molecule has 0 aromatic heterocycles. The number of benzene rings is 2. The molecule has 6 nitrogen and oxygen atoms in total. The number of nitrogens with one attached hydrogen (secondary N) is 1. The average molecular weight is 385 g/mol. The predicted molar refractivity (Wildman–Crippen MR) is 105 cm³/mol. The van der Waals surface area contributed by atoms with Crippen molar-refractivity contribution in [2.45, 2.75) is 6.42 Å². The zero-order chi connectivity index (χ0) is 19.9. The lowest BCUT2D eigenvalue weighted by Crippen LogP contribution is -2.51. The molecule has 0 radical (unpaired) electrons. The Morgan fingerprint density at radius 2 is 1.64 bits per heavy atom. The molecule has 1 saturated heterocycles. The molecule has 0 atom stereocenters. The highest BCUT2D eigenvalue weighted by Crippen LogP contribution is 2.20. The van der Waals surface area contributed by atoms with Crippen molar-refractivity contribution in [3.63, 3.8) is 0 Å². The van der Waals surface area contributed by atoms with Crippen molar-refractivity contribution in [2.24, 2.45) is 0 Å². The van der Waals surface area contributed by atoms with E-state index in [1.807, 2.05) is 24.3 Å². The molecule has 2 aromatic rings. The van der Waals surface area contributed by atoms with Gasteiger partial charge in [-0.3, -0.25) is 9.59 Å². The maximum absolute atomic E-state index is 12.9. The summed E-state index contributed by atoms with van der Waals surface area (Å²) in [5.74, 6) is 0.126. The van der Waals surface area contributed by atoms with Gasteiger partial charge in [0, 0.05) is 31.9 Å². The van der Waals surface area contributed by atoms with Gasteiger partial charge in [0.15, 0.2) is 0 Å². The summed E-state index contributed by atoms with van der Waals surface area (Å²) in [6.45, 7) is 2.67. The number of piperazine rings is 1. The lowest BCUT2D eigenvalue weighted by atomic mass is 10.1. The summed E-state index contributed by atoms with van der Waals surface area (Å²) >= 11 is 0. The summed E-state index contributed by atoms with van der Waals surface area (Å²) in [4.78, 5) is 28.3. The fraction of sp³-hybridized carbons (Fsp3) is 0.333. The Bertz CT molecular complexity index is 801. The number of rotatable bonds is 6. The van der Waals surface area contributed by atoms with E-state index in [4.69, 9.17) is 4.74 Å². The SMILES string of the molecule is COc1ccc(N2CCN(C(=O)CNC(=O)Cc3ccc(F)cc3)CC2)cc1. The average Bonchev–Trinajstić information content (AvgIpc) is 2.74. The van der Waals surface area contributed by atoms with Crippen LogP contribution in [0.1, 0.15) is 5.56 Å². The van der Waals surface area contributed by atoms with Crippen LogP contribution in [0.15, 0.2) is 48.5 Å². The first kappa shape index (κ1) is 19.7. The summed E-state index contributed by atoms with van der Waals surface area (Å²) in [5.41, 5.74) is 1.81. The maximum atomic E-state index is 12.9. The third-order valence-electron chi connectivity index (χ3n) is 4.78. The van der Waals surface area contributed by atoms with Crippen LogP contribution in [0.25, 0.3) is 0 Å². The van der Waals surface area contributed by atoms with E-state index in [0.29, 0.717) is 18.7 Å². The minimum absolute atomic E-state index is 0.0252. The number of amides is 2. The zero-order valence-corrected chi connectivity index (χ0v) is 15.9. The van der Waals surface area contributed by atoms with Gasteiger partial charge in [0.1, 0.15) is 11.6 Å². The first-order chi connectivity index (χ1) is 13.5. The van der Waals surface area contributed by atoms with Crippen LogP contribution in [-0.2, 0) is 16.0 Å². The second-order valence-electron chi connectivity index (χ2n) is 6.65. The van der Waals surface area contributed by atoms with Crippen LogP contribution in [0, 0.1) is 5.82 Å². The van der Waals surface area contributed by atoms with Gasteiger partial charge in [-0.15, -0.1) is 0 Å². The smallest absolute Gasteiger partial charge is 0.242 e. The van der Waals surface area contributed by atoms with Gasteiger partial charge in [-0.2, -0.15) is 0 Å². The van der Waals surface area contributed by atoms with Crippen molar-refractivity contribution in [1.82, 2.24) is 10.2 Å². The van der Waals surface area contributed by atoms with Gasteiger partial charge < -0.3 is 19.9 Å². The zero-order valence-electron chi connectivity index (χ0n) is 15.9. The Labute approximate surface area is 163 Å². The van der Waals surface area contributed by atoms with E-state index in [1.165, 1.54) is 12.1 Å². The van der Waals surface area contributed by atoms with Crippen LogP contribution in [0.2, 0.25) is 0 Å². The van der Waals surface area contributed by atoms with Crippen LogP contribution < -0.4 is 15.0 Å². The van der Waals surface area contributed by atoms with Crippen LogP contribution in [0.4, 0.5) is 10.1 Å². The van der Waals surface area contributed by atoms with Crippen LogP contribution in [0.5, 0.6) is 5.75 Å². The number of anilines is 1. The first-order valence-electron chi connectivity index (χ1n) is 9.23. The molecule has 7 heteroatoms. The molecule has 1 aliphatic rings. The maximum Gasteiger partial charge on any atom is 0.242 e. The Kier molecular flexibility index (Phi) is 6.47. The Balaban J connectivity index is 1.42. The second kappa shape index (κ2) is 9.21. The molecule has 28 heavy (non-hydrogen) atoms. The monoisotopic (exact) mass is 385 g/mol. The summed E-state index contributed by atoms with van der Waals surface area (Å²) < 4.78 is 18.1. The third kappa shape index (κ3) is 5.22. The number of ether oxygens (including phenoxy) is 1. The number of methoxy groups -OCH3 is 1. The molecule has 1 N–H and O–H groups in total. The van der Waals surface area contributed by atoms with Crippen molar-refractivity contribution in [2.75, 3.05) is 44.7 Å². The molecule has 1 fully saturated rings. The van der Waals surface area contributed by atoms with Crippen molar-refractivity contribution >= 4 is 17.5 Å². The molecule has 0 saturated carbocycles. The van der Waals surface area contributed by atoms with Crippen molar-refractivity contribution in [3.05, 3.63) is 59.9 Å². The number of carbonyl (C=O) groups excluding carboxylic acids is 2. The van der Waals surface area contributed by atoms with Crippen LogP contribution in [-0.4, -0.2) is 56.5 Å². The number of hydrogen-bond acceptors (Lipinski definition) is 4. The number of carbonyl (C=O) groups is 2. The fourth-order valence-corrected chi connectivity index (χ4v) is 3.14. The van der Waals surface area contributed by atoms with Gasteiger partial charge >= 0.3 is 0 Å². The minimum Gasteiger partial charge on any atom is -0.497 e. The van der Waals surface area contributed by atoms with Crippen molar-refractivity contribution in [3.8, 4) is 5.75 Å². The van der Waals surface area contributed by atoms with Gasteiger partial charge in [0.05, 0.1) is 20.1 Å². The van der Waals surface area contributed by atoms with E-state index < -0.39 is 0 Å². The van der Waals surface area contributed by atoms with Gasteiger partial charge in [-0.25, -0.2) is 4.39 Å². The van der Waals surface area contributed by atoms with E-state index >= 15 is 0 Å². The van der Waals surface area contributed by atoms with Gasteiger partial charge in [-0.05, 0) is 42.0 Å². The number of nitrogens with zero attached hydrogens (tertiary/aromatic N) is 2. The summed E-state index contributed by atoms with van der Waals surface area (Å²) in [7, 11) is 1.64. The van der Waals surface area contributed by atoms with Gasteiger partial charge in [0.25, 0.3) is 0 Å². The molecular weight excluding hydrogens is 361 g/mol. The Morgan fingerprint density at radius 1 is 1.00 bits per heavy atom. The molecule has 0 unspecified atom stereocenters. The Hall–Kier alpha value is -3.09. The molecule has 0 spiro atoms. The molecule has 2 amide bonds. The molecule has 3 rings (SSSR count). The highest BCUT2D eigenvalue weighted by atomic mass is 19.1. The van der Waals surface area contributed by atoms with E-state index in [9.17, 15) is 14.0 Å². The molecular formula is C21H24FN3O3. The molecule has 1 heterocycles. The lowest BCUT2D eigenvalue weighted by molar-refractivity contribution is -0.133. The van der Waals surface area contributed by atoms with Crippen LogP contribution >= 0.6 is 0 Å². The van der Waals surface area contributed by atoms with Gasteiger partial charge in [-0.1, -0.05) is 12.1 Å². The fourth-order valence-electron chi connectivity index (χ4n) is 3.14. The molecule has 2 aromatic carbocycles. The van der Waals surface area contributed by atoms with Crippen LogP contribution in [0.3, 0.4) is 0 Å². The quantitative estimate of drug-likeness (QED) is 0.824. The summed E-state index contributed by atoms with van der Waals surface area (Å²) in [5, 5.41) is 2.65. The topological polar surface area (TPSA) is 61.9 Å². The second-order valence-corrected chi connectivity index (χ2v) is 6.65. The molecule has 148 valence electrons. The highest BCUT2D eigenvalue weighted by Gasteiger charge is 2.21. The van der Waals surface area contributed by atoms with E-state index in [2.05, 4.69) is 10.2 Å². The summed E-state index contributed by atoms with van der Waals surface area (Å²) in [6.07, 6.45) is 0.124. The predicted octanol–water partition coefficient (Wildman–Crippen LogP) is 1.84. The van der Waals surface area contributed by atoms with E-state index in [0.717, 1.165) is 24.5 Å². The molecule has 0 aliphatic carbocycles. The van der Waals surface area contributed by atoms with Crippen molar-refractivity contribution < 1.29 is 18.7 Å². The number of hydrogen-bond donors (Lipinski definition) is 1. The van der Waals surface area contributed by atoms with Crippen molar-refractivity contribution in [1.29, 1.82) is 0 Å². The lowest BCUT2D eigenvalue weighted by Gasteiger charge is -2.36. The summed E-state index contributed by atoms with van der Waals surface area (Å²) in [6, 6.07) is 13.6. The normalized spacial score (nSPS) is 13.9. The molecule has 0 bridgehead atoms. The van der Waals surface area contributed by atoms with Gasteiger partial charge in [0.2, 0.25) is 11.8 Å². The molecule has 1 aliphatic heterocycles. The standard InChI is InChI=1S/C21H24FN3O3/c1-28-19-8-6-18(7-9-19)24-10-12-25(13-11-24)21(27)15-23-20(26)14-16-2-4-17(22)5-3-16/h2-9H,10-15H2,1H3,(H,23,26). The Morgan fingerprint density at radius 3 is 2.25 bits per heavy atom. The largest absolute Gasteiger partial charge is 0.497 e.